The number of nitrogens with one attached hydrogen (secondary N) is 1. The first-order valence-electron chi connectivity index (χ1n) is 6.54. The summed E-state index contributed by atoms with van der Waals surface area (Å²) in [5, 5.41) is 12.9. The molecule has 20 heavy (non-hydrogen) atoms. The molecule has 2 aromatic carbocycles. The summed E-state index contributed by atoms with van der Waals surface area (Å²) < 4.78 is 13.6. The van der Waals surface area contributed by atoms with Gasteiger partial charge in [0.1, 0.15) is 11.6 Å². The summed E-state index contributed by atoms with van der Waals surface area (Å²) in [4.78, 5) is 0. The maximum absolute atomic E-state index is 13.6. The number of halogens is 2. The monoisotopic (exact) mass is 293 g/mol. The predicted octanol–water partition coefficient (Wildman–Crippen LogP) is 4.62. The van der Waals surface area contributed by atoms with Crippen LogP contribution in [0.15, 0.2) is 42.5 Å². The van der Waals surface area contributed by atoms with Crippen LogP contribution in [0.1, 0.15) is 18.9 Å². The molecule has 0 aliphatic carbocycles. The third-order valence-corrected chi connectivity index (χ3v) is 3.37. The maximum atomic E-state index is 13.6. The molecule has 4 heteroatoms. The second kappa shape index (κ2) is 6.62. The van der Waals surface area contributed by atoms with E-state index in [4.69, 9.17) is 11.6 Å². The van der Waals surface area contributed by atoms with Crippen LogP contribution in [0.5, 0.6) is 5.75 Å². The second-order valence-electron chi connectivity index (χ2n) is 4.87. The smallest absolute Gasteiger partial charge is 0.146 e. The Morgan fingerprint density at radius 1 is 1.20 bits per heavy atom. The molecule has 1 atom stereocenters. The van der Waals surface area contributed by atoms with Crippen molar-refractivity contribution in [3.63, 3.8) is 0 Å². The summed E-state index contributed by atoms with van der Waals surface area (Å²) in [6, 6.07) is 11.7. The van der Waals surface area contributed by atoms with Gasteiger partial charge >= 0.3 is 0 Å². The molecule has 106 valence electrons. The largest absolute Gasteiger partial charge is 0.508 e. The zero-order chi connectivity index (χ0) is 14.5. The number of phenolic OH excluding ortho intramolecular Hbond substituents is 1. The van der Waals surface area contributed by atoms with E-state index in [2.05, 4.69) is 5.32 Å². The summed E-state index contributed by atoms with van der Waals surface area (Å²) in [6.07, 6.45) is 1.72. The molecule has 2 nitrogen and oxygen atoms in total. The SMILES string of the molecule is CC(CCc1ccc(O)cc1)Nc1cc(Cl)ccc1F. The zero-order valence-corrected chi connectivity index (χ0v) is 12.0. The lowest BCUT2D eigenvalue weighted by Gasteiger charge is -2.16. The number of anilines is 1. The van der Waals surface area contributed by atoms with Gasteiger partial charge in [-0.15, -0.1) is 0 Å². The third kappa shape index (κ3) is 4.14. The number of phenols is 1. The van der Waals surface area contributed by atoms with Gasteiger partial charge in [-0.3, -0.25) is 0 Å². The van der Waals surface area contributed by atoms with Crippen LogP contribution >= 0.6 is 11.6 Å². The normalized spacial score (nSPS) is 12.2. The van der Waals surface area contributed by atoms with E-state index in [-0.39, 0.29) is 17.6 Å². The maximum Gasteiger partial charge on any atom is 0.146 e. The molecule has 0 aliphatic rings. The highest BCUT2D eigenvalue weighted by atomic mass is 35.5. The van der Waals surface area contributed by atoms with Gasteiger partial charge in [-0.1, -0.05) is 23.7 Å². The molecule has 0 bridgehead atoms. The number of hydrogen-bond acceptors (Lipinski definition) is 2. The minimum Gasteiger partial charge on any atom is -0.508 e. The fraction of sp³-hybridized carbons (Fsp3) is 0.250. The second-order valence-corrected chi connectivity index (χ2v) is 5.31. The summed E-state index contributed by atoms with van der Waals surface area (Å²) in [6.45, 7) is 2.00. The molecule has 0 radical (unpaired) electrons. The standard InChI is InChI=1S/C16H17ClFNO/c1-11(2-3-12-4-7-14(20)8-5-12)19-16-10-13(17)6-9-15(16)18/h4-11,19-20H,2-3H2,1H3. The molecule has 2 rings (SSSR count). The number of rotatable bonds is 5. The van der Waals surface area contributed by atoms with Crippen molar-refractivity contribution in [1.82, 2.24) is 0 Å². The molecule has 0 heterocycles. The Balaban J connectivity index is 1.90. The van der Waals surface area contributed by atoms with Crippen molar-refractivity contribution in [1.29, 1.82) is 0 Å². The van der Waals surface area contributed by atoms with Crippen molar-refractivity contribution >= 4 is 17.3 Å². The summed E-state index contributed by atoms with van der Waals surface area (Å²) >= 11 is 5.86. The number of aryl methyl sites for hydroxylation is 1. The highest BCUT2D eigenvalue weighted by molar-refractivity contribution is 6.30. The van der Waals surface area contributed by atoms with E-state index >= 15 is 0 Å². The van der Waals surface area contributed by atoms with E-state index in [0.717, 1.165) is 18.4 Å². The molecule has 0 spiro atoms. The number of benzene rings is 2. The van der Waals surface area contributed by atoms with E-state index in [0.29, 0.717) is 10.7 Å². The van der Waals surface area contributed by atoms with Gasteiger partial charge in [-0.25, -0.2) is 4.39 Å². The van der Waals surface area contributed by atoms with Crippen LogP contribution in [-0.4, -0.2) is 11.1 Å². The first kappa shape index (κ1) is 14.7. The van der Waals surface area contributed by atoms with Crippen LogP contribution in [0, 0.1) is 5.82 Å². The molecule has 2 N–H and O–H groups in total. The lowest BCUT2D eigenvalue weighted by Crippen LogP contribution is -2.16. The molecule has 0 saturated heterocycles. The number of aromatic hydroxyl groups is 1. The van der Waals surface area contributed by atoms with Crippen molar-refractivity contribution in [3.05, 3.63) is 58.9 Å². The van der Waals surface area contributed by atoms with E-state index in [1.807, 2.05) is 19.1 Å². The fourth-order valence-corrected chi connectivity index (χ4v) is 2.16. The summed E-state index contributed by atoms with van der Waals surface area (Å²) in [5.74, 6) is -0.0354. The Bertz CT molecular complexity index is 571. The number of hydrogen-bond donors (Lipinski definition) is 2. The first-order valence-corrected chi connectivity index (χ1v) is 6.92. The van der Waals surface area contributed by atoms with E-state index < -0.39 is 0 Å². The molecule has 2 aromatic rings. The average molecular weight is 294 g/mol. The topological polar surface area (TPSA) is 32.3 Å². The molecular weight excluding hydrogens is 277 g/mol. The molecule has 0 aliphatic heterocycles. The van der Waals surface area contributed by atoms with Crippen molar-refractivity contribution in [2.24, 2.45) is 0 Å². The molecule has 0 saturated carbocycles. The lowest BCUT2D eigenvalue weighted by atomic mass is 10.1. The van der Waals surface area contributed by atoms with Gasteiger partial charge in [0.2, 0.25) is 0 Å². The first-order chi connectivity index (χ1) is 9.54. The van der Waals surface area contributed by atoms with E-state index in [9.17, 15) is 9.50 Å². The minimum atomic E-state index is -0.300. The Hall–Kier alpha value is -1.74. The highest BCUT2D eigenvalue weighted by Crippen LogP contribution is 2.21. The van der Waals surface area contributed by atoms with Crippen LogP contribution in [-0.2, 0) is 6.42 Å². The van der Waals surface area contributed by atoms with Crippen molar-refractivity contribution in [3.8, 4) is 5.75 Å². The third-order valence-electron chi connectivity index (χ3n) is 3.13. The van der Waals surface area contributed by atoms with Gasteiger partial charge < -0.3 is 10.4 Å². The molecule has 0 amide bonds. The van der Waals surface area contributed by atoms with Crippen LogP contribution in [0.3, 0.4) is 0 Å². The summed E-state index contributed by atoms with van der Waals surface area (Å²) in [7, 11) is 0. The minimum absolute atomic E-state index is 0.122. The van der Waals surface area contributed by atoms with Gasteiger partial charge in [0.25, 0.3) is 0 Å². The quantitative estimate of drug-likeness (QED) is 0.843. The van der Waals surface area contributed by atoms with Gasteiger partial charge in [-0.2, -0.15) is 0 Å². The Morgan fingerprint density at radius 2 is 1.90 bits per heavy atom. The molecule has 0 fully saturated rings. The van der Waals surface area contributed by atoms with Crippen LogP contribution in [0.4, 0.5) is 10.1 Å². The summed E-state index contributed by atoms with van der Waals surface area (Å²) in [5.41, 5.74) is 1.57. The molecule has 1 unspecified atom stereocenters. The fourth-order valence-electron chi connectivity index (χ4n) is 1.99. The Kier molecular flexibility index (Phi) is 4.85. The van der Waals surface area contributed by atoms with Gasteiger partial charge in [0.05, 0.1) is 5.69 Å². The van der Waals surface area contributed by atoms with Gasteiger partial charge in [-0.05, 0) is 55.7 Å². The highest BCUT2D eigenvalue weighted by Gasteiger charge is 2.07. The van der Waals surface area contributed by atoms with Crippen LogP contribution in [0.2, 0.25) is 5.02 Å². The van der Waals surface area contributed by atoms with Crippen LogP contribution in [0.25, 0.3) is 0 Å². The predicted molar refractivity (Wildman–Crippen MR) is 80.9 cm³/mol. The van der Waals surface area contributed by atoms with Gasteiger partial charge in [0, 0.05) is 11.1 Å². The Labute approximate surface area is 123 Å². The average Bonchev–Trinajstić information content (AvgIpc) is 2.42. The Morgan fingerprint density at radius 3 is 2.60 bits per heavy atom. The van der Waals surface area contributed by atoms with Crippen LogP contribution < -0.4 is 5.32 Å². The van der Waals surface area contributed by atoms with Crippen molar-refractivity contribution in [2.45, 2.75) is 25.8 Å². The van der Waals surface area contributed by atoms with Crippen molar-refractivity contribution in [2.75, 3.05) is 5.32 Å². The van der Waals surface area contributed by atoms with Crippen molar-refractivity contribution < 1.29 is 9.50 Å². The molecule has 0 aromatic heterocycles. The lowest BCUT2D eigenvalue weighted by molar-refractivity contribution is 0.475. The molecular formula is C16H17ClFNO. The van der Waals surface area contributed by atoms with Gasteiger partial charge in [0.15, 0.2) is 0 Å². The van der Waals surface area contributed by atoms with E-state index in [1.165, 1.54) is 12.1 Å². The van der Waals surface area contributed by atoms with E-state index in [1.54, 1.807) is 18.2 Å². The zero-order valence-electron chi connectivity index (χ0n) is 11.2.